The molecular formula is C15H16N2O. The van der Waals surface area contributed by atoms with Crippen LogP contribution in [0, 0.1) is 0 Å². The number of methoxy groups -OCH3 is 1. The molecule has 0 saturated carbocycles. The SMILES string of the molecule is CCc1cc(OC)ccc1/C=C/c1cnccn1. The zero-order chi connectivity index (χ0) is 12.8. The van der Waals surface area contributed by atoms with Crippen molar-refractivity contribution in [1.82, 2.24) is 9.97 Å². The van der Waals surface area contributed by atoms with Crippen LogP contribution in [0.4, 0.5) is 0 Å². The second-order valence-corrected chi connectivity index (χ2v) is 3.88. The first-order valence-electron chi connectivity index (χ1n) is 5.94. The van der Waals surface area contributed by atoms with Crippen LogP contribution >= 0.6 is 0 Å². The molecule has 0 fully saturated rings. The van der Waals surface area contributed by atoms with Crippen molar-refractivity contribution in [1.29, 1.82) is 0 Å². The maximum absolute atomic E-state index is 5.23. The zero-order valence-corrected chi connectivity index (χ0v) is 10.6. The van der Waals surface area contributed by atoms with Crippen LogP contribution in [0.15, 0.2) is 36.8 Å². The Hall–Kier alpha value is -2.16. The average Bonchev–Trinajstić information content (AvgIpc) is 2.46. The molecule has 0 aliphatic carbocycles. The number of nitrogens with zero attached hydrogens (tertiary/aromatic N) is 2. The Labute approximate surface area is 107 Å². The molecule has 0 saturated heterocycles. The molecule has 0 unspecified atom stereocenters. The summed E-state index contributed by atoms with van der Waals surface area (Å²) in [6.45, 7) is 2.13. The largest absolute Gasteiger partial charge is 0.497 e. The Bertz CT molecular complexity index is 535. The van der Waals surface area contributed by atoms with Crippen LogP contribution in [0.5, 0.6) is 5.75 Å². The van der Waals surface area contributed by atoms with Crippen LogP contribution in [-0.2, 0) is 6.42 Å². The summed E-state index contributed by atoms with van der Waals surface area (Å²) in [5.74, 6) is 0.892. The second kappa shape index (κ2) is 5.96. The minimum absolute atomic E-state index is 0.857. The van der Waals surface area contributed by atoms with Crippen molar-refractivity contribution in [3.8, 4) is 5.75 Å². The molecule has 0 aliphatic heterocycles. The van der Waals surface area contributed by atoms with Crippen LogP contribution in [-0.4, -0.2) is 17.1 Å². The fourth-order valence-electron chi connectivity index (χ4n) is 1.75. The Balaban J connectivity index is 2.26. The third-order valence-electron chi connectivity index (χ3n) is 2.75. The van der Waals surface area contributed by atoms with Crippen LogP contribution < -0.4 is 4.74 Å². The summed E-state index contributed by atoms with van der Waals surface area (Å²) in [4.78, 5) is 8.24. The Morgan fingerprint density at radius 3 is 2.78 bits per heavy atom. The highest BCUT2D eigenvalue weighted by atomic mass is 16.5. The van der Waals surface area contributed by atoms with Crippen molar-refractivity contribution in [2.24, 2.45) is 0 Å². The highest BCUT2D eigenvalue weighted by molar-refractivity contribution is 5.69. The molecule has 1 aromatic heterocycles. The van der Waals surface area contributed by atoms with E-state index < -0.39 is 0 Å². The summed E-state index contributed by atoms with van der Waals surface area (Å²) in [6.07, 6.45) is 10.1. The number of benzene rings is 1. The van der Waals surface area contributed by atoms with Gasteiger partial charge < -0.3 is 4.74 Å². The summed E-state index contributed by atoms with van der Waals surface area (Å²) in [7, 11) is 1.68. The Morgan fingerprint density at radius 2 is 2.11 bits per heavy atom. The van der Waals surface area contributed by atoms with Crippen molar-refractivity contribution >= 4 is 12.2 Å². The van der Waals surface area contributed by atoms with E-state index >= 15 is 0 Å². The summed E-state index contributed by atoms with van der Waals surface area (Å²) in [6, 6.07) is 6.09. The molecular weight excluding hydrogens is 224 g/mol. The van der Waals surface area contributed by atoms with E-state index in [1.165, 1.54) is 11.1 Å². The van der Waals surface area contributed by atoms with Crippen molar-refractivity contribution < 1.29 is 4.74 Å². The van der Waals surface area contributed by atoms with Crippen molar-refractivity contribution in [3.63, 3.8) is 0 Å². The van der Waals surface area contributed by atoms with Gasteiger partial charge in [-0.05, 0) is 35.8 Å². The normalized spacial score (nSPS) is 10.8. The minimum atomic E-state index is 0.857. The lowest BCUT2D eigenvalue weighted by molar-refractivity contribution is 0.414. The van der Waals surface area contributed by atoms with Gasteiger partial charge in [0.1, 0.15) is 5.75 Å². The monoisotopic (exact) mass is 240 g/mol. The van der Waals surface area contributed by atoms with Gasteiger partial charge in [-0.1, -0.05) is 19.1 Å². The molecule has 0 amide bonds. The standard InChI is InChI=1S/C15H16N2O/c1-3-12-10-15(18-2)7-5-13(12)4-6-14-11-16-8-9-17-14/h4-11H,3H2,1-2H3/b6-4+. The summed E-state index contributed by atoms with van der Waals surface area (Å²) < 4.78 is 5.23. The van der Waals surface area contributed by atoms with E-state index in [1.807, 2.05) is 12.1 Å². The van der Waals surface area contributed by atoms with Crippen molar-refractivity contribution in [2.75, 3.05) is 7.11 Å². The van der Waals surface area contributed by atoms with Crippen LogP contribution in [0.3, 0.4) is 0 Å². The van der Waals surface area contributed by atoms with E-state index in [2.05, 4.69) is 35.1 Å². The third kappa shape index (κ3) is 2.94. The van der Waals surface area contributed by atoms with E-state index in [1.54, 1.807) is 25.7 Å². The van der Waals surface area contributed by atoms with Gasteiger partial charge in [0, 0.05) is 12.4 Å². The fraction of sp³-hybridized carbons (Fsp3) is 0.200. The summed E-state index contributed by atoms with van der Waals surface area (Å²) in [5.41, 5.74) is 3.30. The van der Waals surface area contributed by atoms with E-state index in [0.29, 0.717) is 0 Å². The zero-order valence-electron chi connectivity index (χ0n) is 10.6. The molecule has 2 rings (SSSR count). The molecule has 0 aliphatic rings. The van der Waals surface area contributed by atoms with Gasteiger partial charge in [-0.25, -0.2) is 0 Å². The number of rotatable bonds is 4. The third-order valence-corrected chi connectivity index (χ3v) is 2.75. The van der Waals surface area contributed by atoms with E-state index in [4.69, 9.17) is 4.74 Å². The predicted octanol–water partition coefficient (Wildman–Crippen LogP) is 3.22. The number of aromatic nitrogens is 2. The molecule has 3 heteroatoms. The maximum atomic E-state index is 5.23. The fourth-order valence-corrected chi connectivity index (χ4v) is 1.75. The van der Waals surface area contributed by atoms with Crippen LogP contribution in [0.25, 0.3) is 12.2 Å². The first kappa shape index (κ1) is 12.3. The van der Waals surface area contributed by atoms with Crippen LogP contribution in [0.2, 0.25) is 0 Å². The lowest BCUT2D eigenvalue weighted by Gasteiger charge is -2.06. The number of hydrogen-bond acceptors (Lipinski definition) is 3. The molecule has 18 heavy (non-hydrogen) atoms. The van der Waals surface area contributed by atoms with E-state index in [9.17, 15) is 0 Å². The van der Waals surface area contributed by atoms with Gasteiger partial charge in [0.15, 0.2) is 0 Å². The van der Waals surface area contributed by atoms with Crippen molar-refractivity contribution in [2.45, 2.75) is 13.3 Å². The Kier molecular flexibility index (Phi) is 4.07. The Morgan fingerprint density at radius 1 is 1.22 bits per heavy atom. The maximum Gasteiger partial charge on any atom is 0.119 e. The smallest absolute Gasteiger partial charge is 0.119 e. The van der Waals surface area contributed by atoms with E-state index in [0.717, 1.165) is 17.9 Å². The minimum Gasteiger partial charge on any atom is -0.497 e. The molecule has 0 spiro atoms. The molecule has 3 nitrogen and oxygen atoms in total. The summed E-state index contributed by atoms with van der Waals surface area (Å²) >= 11 is 0. The number of ether oxygens (including phenoxy) is 1. The molecule has 2 aromatic rings. The van der Waals surface area contributed by atoms with E-state index in [-0.39, 0.29) is 0 Å². The van der Waals surface area contributed by atoms with Crippen molar-refractivity contribution in [3.05, 3.63) is 53.6 Å². The summed E-state index contributed by atoms with van der Waals surface area (Å²) in [5, 5.41) is 0. The molecule has 92 valence electrons. The molecule has 1 aromatic carbocycles. The first-order chi connectivity index (χ1) is 8.83. The second-order valence-electron chi connectivity index (χ2n) is 3.88. The quantitative estimate of drug-likeness (QED) is 0.823. The molecule has 0 atom stereocenters. The van der Waals surface area contributed by atoms with Gasteiger partial charge in [0.25, 0.3) is 0 Å². The molecule has 0 radical (unpaired) electrons. The highest BCUT2D eigenvalue weighted by Crippen LogP contribution is 2.20. The van der Waals surface area contributed by atoms with Gasteiger partial charge in [-0.2, -0.15) is 0 Å². The van der Waals surface area contributed by atoms with Gasteiger partial charge in [-0.15, -0.1) is 0 Å². The van der Waals surface area contributed by atoms with Gasteiger partial charge in [0.05, 0.1) is 19.0 Å². The lowest BCUT2D eigenvalue weighted by Crippen LogP contribution is -1.89. The van der Waals surface area contributed by atoms with Gasteiger partial charge >= 0.3 is 0 Å². The first-order valence-corrected chi connectivity index (χ1v) is 5.94. The molecule has 0 N–H and O–H groups in total. The average molecular weight is 240 g/mol. The lowest BCUT2D eigenvalue weighted by atomic mass is 10.0. The predicted molar refractivity (Wildman–Crippen MR) is 73.3 cm³/mol. The van der Waals surface area contributed by atoms with Crippen LogP contribution in [0.1, 0.15) is 23.7 Å². The topological polar surface area (TPSA) is 35.0 Å². The molecule has 0 bridgehead atoms. The molecule has 1 heterocycles. The highest BCUT2D eigenvalue weighted by Gasteiger charge is 2.00. The van der Waals surface area contributed by atoms with Gasteiger partial charge in [0.2, 0.25) is 0 Å². The number of hydrogen-bond donors (Lipinski definition) is 0. The van der Waals surface area contributed by atoms with Gasteiger partial charge in [-0.3, -0.25) is 9.97 Å². The number of aryl methyl sites for hydroxylation is 1.